The number of hydrogen-bond donors (Lipinski definition) is 0. The van der Waals surface area contributed by atoms with Gasteiger partial charge in [0.1, 0.15) is 5.75 Å². The molecule has 0 saturated heterocycles. The van der Waals surface area contributed by atoms with Crippen molar-refractivity contribution in [1.82, 2.24) is 0 Å². The summed E-state index contributed by atoms with van der Waals surface area (Å²) in [7, 11) is 0. The summed E-state index contributed by atoms with van der Waals surface area (Å²) in [5.41, 5.74) is 0.298. The van der Waals surface area contributed by atoms with E-state index in [1.165, 1.54) is 0 Å². The van der Waals surface area contributed by atoms with E-state index in [-0.39, 0.29) is 0 Å². The fourth-order valence-corrected chi connectivity index (χ4v) is 1.73. The van der Waals surface area contributed by atoms with Crippen LogP contribution in [-0.4, -0.2) is 11.9 Å². The largest absolute Gasteiger partial charge is 0.494 e. The molecule has 0 atom stereocenters. The first-order valence-corrected chi connectivity index (χ1v) is 6.89. The summed E-state index contributed by atoms with van der Waals surface area (Å²) < 4.78 is 6.73. The third-order valence-electron chi connectivity index (χ3n) is 2.21. The zero-order valence-electron chi connectivity index (χ0n) is 9.09. The fourth-order valence-electron chi connectivity index (χ4n) is 1.07. The SMILES string of the molecule is CC(C)(CBr)CCOc1cccc(Br)c1. The van der Waals surface area contributed by atoms with Gasteiger partial charge in [-0.25, -0.2) is 0 Å². The highest BCUT2D eigenvalue weighted by atomic mass is 79.9. The van der Waals surface area contributed by atoms with E-state index >= 15 is 0 Å². The Kier molecular flexibility index (Phi) is 5.13. The molecule has 0 N–H and O–H groups in total. The van der Waals surface area contributed by atoms with Crippen LogP contribution < -0.4 is 4.74 Å². The molecule has 1 aromatic rings. The van der Waals surface area contributed by atoms with Crippen molar-refractivity contribution in [2.24, 2.45) is 5.41 Å². The number of benzene rings is 1. The van der Waals surface area contributed by atoms with Crippen LogP contribution in [0.15, 0.2) is 28.7 Å². The second-order valence-corrected chi connectivity index (χ2v) is 5.83. The van der Waals surface area contributed by atoms with Crippen LogP contribution >= 0.6 is 31.9 Å². The molecule has 1 aromatic carbocycles. The summed E-state index contributed by atoms with van der Waals surface area (Å²) in [5.74, 6) is 0.926. The van der Waals surface area contributed by atoms with Gasteiger partial charge < -0.3 is 4.74 Å². The van der Waals surface area contributed by atoms with E-state index in [1.807, 2.05) is 24.3 Å². The monoisotopic (exact) mass is 334 g/mol. The zero-order chi connectivity index (χ0) is 11.3. The number of halogens is 2. The Labute approximate surface area is 108 Å². The van der Waals surface area contributed by atoms with Crippen LogP contribution in [0, 0.1) is 5.41 Å². The maximum Gasteiger partial charge on any atom is 0.120 e. The molecular formula is C12H16Br2O. The molecule has 0 amide bonds. The molecule has 0 fully saturated rings. The Morgan fingerprint density at radius 2 is 2.07 bits per heavy atom. The fraction of sp³-hybridized carbons (Fsp3) is 0.500. The van der Waals surface area contributed by atoms with Crippen molar-refractivity contribution in [1.29, 1.82) is 0 Å². The van der Waals surface area contributed by atoms with Crippen molar-refractivity contribution in [2.45, 2.75) is 20.3 Å². The third kappa shape index (κ3) is 5.03. The van der Waals surface area contributed by atoms with Crippen LogP contribution in [0.5, 0.6) is 5.75 Å². The molecule has 0 heterocycles. The van der Waals surface area contributed by atoms with Gasteiger partial charge in [-0.1, -0.05) is 51.8 Å². The van der Waals surface area contributed by atoms with E-state index in [0.29, 0.717) is 5.41 Å². The number of ether oxygens (including phenoxy) is 1. The number of alkyl halides is 1. The summed E-state index contributed by atoms with van der Waals surface area (Å²) in [5, 5.41) is 1.00. The van der Waals surface area contributed by atoms with Gasteiger partial charge in [0.05, 0.1) is 6.61 Å². The lowest BCUT2D eigenvalue weighted by atomic mass is 9.93. The predicted octanol–water partition coefficient (Wildman–Crippen LogP) is 4.64. The van der Waals surface area contributed by atoms with E-state index in [4.69, 9.17) is 4.74 Å². The molecule has 0 saturated carbocycles. The topological polar surface area (TPSA) is 9.23 Å². The van der Waals surface area contributed by atoms with Crippen molar-refractivity contribution in [2.75, 3.05) is 11.9 Å². The summed E-state index contributed by atoms with van der Waals surface area (Å²) in [6.45, 7) is 5.22. The van der Waals surface area contributed by atoms with Crippen molar-refractivity contribution in [3.63, 3.8) is 0 Å². The molecule has 0 spiro atoms. The first-order valence-electron chi connectivity index (χ1n) is 4.98. The molecule has 1 nitrogen and oxygen atoms in total. The van der Waals surface area contributed by atoms with Crippen LogP contribution in [0.4, 0.5) is 0 Å². The van der Waals surface area contributed by atoms with Crippen molar-refractivity contribution >= 4 is 31.9 Å². The van der Waals surface area contributed by atoms with Crippen molar-refractivity contribution in [3.8, 4) is 5.75 Å². The minimum absolute atomic E-state index is 0.298. The van der Waals surface area contributed by atoms with Gasteiger partial charge in [0.15, 0.2) is 0 Å². The minimum atomic E-state index is 0.298. The van der Waals surface area contributed by atoms with Crippen LogP contribution in [0.1, 0.15) is 20.3 Å². The predicted molar refractivity (Wildman–Crippen MR) is 71.8 cm³/mol. The molecule has 84 valence electrons. The minimum Gasteiger partial charge on any atom is -0.494 e. The van der Waals surface area contributed by atoms with E-state index < -0.39 is 0 Å². The Bertz CT molecular complexity index is 310. The summed E-state index contributed by atoms with van der Waals surface area (Å²) in [4.78, 5) is 0. The first kappa shape index (κ1) is 13.0. The van der Waals surface area contributed by atoms with Crippen molar-refractivity contribution in [3.05, 3.63) is 28.7 Å². The summed E-state index contributed by atoms with van der Waals surface area (Å²) >= 11 is 6.93. The molecule has 0 radical (unpaired) electrons. The Hall–Kier alpha value is -0.0200. The molecule has 0 aliphatic rings. The molecule has 0 aliphatic carbocycles. The maximum atomic E-state index is 5.67. The molecular weight excluding hydrogens is 320 g/mol. The second kappa shape index (κ2) is 5.90. The maximum absolute atomic E-state index is 5.67. The van der Waals surface area contributed by atoms with E-state index in [2.05, 4.69) is 45.7 Å². The van der Waals surface area contributed by atoms with Crippen LogP contribution in [0.2, 0.25) is 0 Å². The van der Waals surface area contributed by atoms with Crippen LogP contribution in [0.25, 0.3) is 0 Å². The smallest absolute Gasteiger partial charge is 0.120 e. The van der Waals surface area contributed by atoms with E-state index in [0.717, 1.165) is 28.6 Å². The van der Waals surface area contributed by atoms with E-state index in [1.54, 1.807) is 0 Å². The van der Waals surface area contributed by atoms with Gasteiger partial charge in [0.2, 0.25) is 0 Å². The highest BCUT2D eigenvalue weighted by Gasteiger charge is 2.15. The number of hydrogen-bond acceptors (Lipinski definition) is 1. The standard InChI is InChI=1S/C12H16Br2O/c1-12(2,9-13)6-7-15-11-5-3-4-10(14)8-11/h3-5,8H,6-7,9H2,1-2H3. The average Bonchev–Trinajstić information content (AvgIpc) is 2.18. The highest BCUT2D eigenvalue weighted by Crippen LogP contribution is 2.24. The normalized spacial score (nSPS) is 11.5. The van der Waals surface area contributed by atoms with Gasteiger partial charge in [0, 0.05) is 9.80 Å². The highest BCUT2D eigenvalue weighted by molar-refractivity contribution is 9.10. The molecule has 0 aliphatic heterocycles. The molecule has 15 heavy (non-hydrogen) atoms. The quantitative estimate of drug-likeness (QED) is 0.712. The summed E-state index contributed by atoms with van der Waals surface area (Å²) in [6, 6.07) is 7.94. The molecule has 3 heteroatoms. The Morgan fingerprint density at radius 1 is 1.33 bits per heavy atom. The Morgan fingerprint density at radius 3 is 2.67 bits per heavy atom. The average molecular weight is 336 g/mol. The molecule has 0 unspecified atom stereocenters. The zero-order valence-corrected chi connectivity index (χ0v) is 12.3. The van der Waals surface area contributed by atoms with Gasteiger partial charge in [-0.2, -0.15) is 0 Å². The van der Waals surface area contributed by atoms with Crippen LogP contribution in [-0.2, 0) is 0 Å². The molecule has 1 rings (SSSR count). The Balaban J connectivity index is 2.38. The van der Waals surface area contributed by atoms with E-state index in [9.17, 15) is 0 Å². The van der Waals surface area contributed by atoms with Gasteiger partial charge in [-0.15, -0.1) is 0 Å². The molecule has 0 aromatic heterocycles. The summed E-state index contributed by atoms with van der Waals surface area (Å²) in [6.07, 6.45) is 1.05. The second-order valence-electron chi connectivity index (χ2n) is 4.35. The van der Waals surface area contributed by atoms with Crippen LogP contribution in [0.3, 0.4) is 0 Å². The third-order valence-corrected chi connectivity index (χ3v) is 4.22. The van der Waals surface area contributed by atoms with Crippen molar-refractivity contribution < 1.29 is 4.74 Å². The lowest BCUT2D eigenvalue weighted by Gasteiger charge is -2.21. The first-order chi connectivity index (χ1) is 7.03. The van der Waals surface area contributed by atoms with Gasteiger partial charge in [0.25, 0.3) is 0 Å². The van der Waals surface area contributed by atoms with Gasteiger partial charge in [-0.05, 0) is 30.0 Å². The molecule has 0 bridgehead atoms. The lowest BCUT2D eigenvalue weighted by molar-refractivity contribution is 0.247. The lowest BCUT2D eigenvalue weighted by Crippen LogP contribution is -2.17. The van der Waals surface area contributed by atoms with Gasteiger partial charge in [-0.3, -0.25) is 0 Å². The number of rotatable bonds is 5. The van der Waals surface area contributed by atoms with Gasteiger partial charge >= 0.3 is 0 Å².